The molecule has 1 saturated carbocycles. The number of nitrogens with zero attached hydrogens (tertiary/aromatic N) is 1. The summed E-state index contributed by atoms with van der Waals surface area (Å²) in [6.45, 7) is 8.20. The van der Waals surface area contributed by atoms with Gasteiger partial charge in [-0.3, -0.25) is 14.6 Å². The van der Waals surface area contributed by atoms with E-state index in [4.69, 9.17) is 18.6 Å². The Balaban J connectivity index is 1.79. The van der Waals surface area contributed by atoms with E-state index in [1.54, 1.807) is 37.5 Å². The fraction of sp³-hybridized carbons (Fsp3) is 0.538. The predicted octanol–water partition coefficient (Wildman–Crippen LogP) is 3.58. The highest BCUT2D eigenvalue weighted by atomic mass is 16.6. The molecule has 9 nitrogen and oxygen atoms in total. The first kappa shape index (κ1) is 24.9. The number of aliphatic hydroxyl groups is 1. The lowest BCUT2D eigenvalue weighted by Crippen LogP contribution is -2.62. The van der Waals surface area contributed by atoms with Crippen LogP contribution in [0, 0.1) is 11.8 Å². The van der Waals surface area contributed by atoms with Crippen LogP contribution >= 0.6 is 0 Å². The van der Waals surface area contributed by atoms with Gasteiger partial charge in [0.2, 0.25) is 0 Å². The standard InChI is InChI=1S/C26H31NO8/c1-6-25(4,34-15(3)29)17-10-18-23(30)22-20(35-26(18,5)21(11-17)32-14(2)28)12-19(33-24(22)31)16-8-7-9-27-13-16/h7-9,12-13,17-18,21,23,30H,6,10-11H2,1-5H3/t17-,18-,21-,23-,25-,26-/m1/s1. The Morgan fingerprint density at radius 3 is 2.63 bits per heavy atom. The number of hydrogen-bond donors (Lipinski definition) is 1. The molecule has 2 aromatic rings. The van der Waals surface area contributed by atoms with Crippen molar-refractivity contribution in [2.45, 2.75) is 77.3 Å². The molecule has 1 aliphatic heterocycles. The highest BCUT2D eigenvalue weighted by Gasteiger charge is 2.60. The zero-order valence-electron chi connectivity index (χ0n) is 20.6. The number of aromatic nitrogens is 1. The zero-order chi connectivity index (χ0) is 25.5. The summed E-state index contributed by atoms with van der Waals surface area (Å²) < 4.78 is 23.3. The quantitative estimate of drug-likeness (QED) is 0.633. The molecular weight excluding hydrogens is 454 g/mol. The Morgan fingerprint density at radius 2 is 2.03 bits per heavy atom. The number of ether oxygens (including phenoxy) is 3. The van der Waals surface area contributed by atoms with Crippen molar-refractivity contribution in [2.75, 3.05) is 0 Å². The van der Waals surface area contributed by atoms with Gasteiger partial charge in [0.25, 0.3) is 0 Å². The topological polar surface area (TPSA) is 125 Å². The molecule has 0 aromatic carbocycles. The summed E-state index contributed by atoms with van der Waals surface area (Å²) in [6, 6.07) is 5.02. The van der Waals surface area contributed by atoms with Crippen molar-refractivity contribution in [1.29, 1.82) is 0 Å². The van der Waals surface area contributed by atoms with E-state index in [0.717, 1.165) is 0 Å². The van der Waals surface area contributed by atoms with Gasteiger partial charge in [0.1, 0.15) is 34.4 Å². The van der Waals surface area contributed by atoms with Gasteiger partial charge in [-0.1, -0.05) is 6.92 Å². The average molecular weight is 486 g/mol. The van der Waals surface area contributed by atoms with Crippen LogP contribution in [0.1, 0.15) is 65.5 Å². The SMILES string of the molecule is CC[C@@](C)(OC(C)=O)[C@@H]1C[C@@H]2[C@@H](O)c3c(cc(-c4cccnc4)oc3=O)O[C@@]2(C)[C@H](OC(C)=O)C1. The van der Waals surface area contributed by atoms with E-state index in [0.29, 0.717) is 24.8 Å². The molecule has 188 valence electrons. The Kier molecular flexibility index (Phi) is 6.48. The second-order valence-corrected chi connectivity index (χ2v) is 9.78. The first-order chi connectivity index (χ1) is 16.5. The molecule has 4 rings (SSSR count). The molecule has 35 heavy (non-hydrogen) atoms. The summed E-state index contributed by atoms with van der Waals surface area (Å²) >= 11 is 0. The monoisotopic (exact) mass is 485 g/mol. The number of aliphatic hydroxyl groups excluding tert-OH is 1. The van der Waals surface area contributed by atoms with Crippen LogP contribution in [-0.2, 0) is 19.1 Å². The van der Waals surface area contributed by atoms with Crippen LogP contribution in [0.25, 0.3) is 11.3 Å². The van der Waals surface area contributed by atoms with E-state index in [2.05, 4.69) is 4.98 Å². The minimum Gasteiger partial charge on any atom is -0.482 e. The van der Waals surface area contributed by atoms with Crippen molar-refractivity contribution in [2.24, 2.45) is 11.8 Å². The molecule has 2 aromatic heterocycles. The van der Waals surface area contributed by atoms with Crippen LogP contribution in [0.4, 0.5) is 0 Å². The molecule has 0 bridgehead atoms. The minimum absolute atomic E-state index is 0.0213. The average Bonchev–Trinajstić information content (AvgIpc) is 2.79. The molecule has 6 atom stereocenters. The lowest BCUT2D eigenvalue weighted by Gasteiger charge is -2.54. The molecule has 0 amide bonds. The van der Waals surface area contributed by atoms with Crippen LogP contribution in [0.15, 0.2) is 39.8 Å². The molecule has 0 unspecified atom stereocenters. The first-order valence-corrected chi connectivity index (χ1v) is 11.8. The molecule has 1 N–H and O–H groups in total. The maximum atomic E-state index is 13.0. The highest BCUT2D eigenvalue weighted by molar-refractivity contribution is 5.67. The van der Waals surface area contributed by atoms with E-state index in [-0.39, 0.29) is 23.0 Å². The second kappa shape index (κ2) is 9.11. The summed E-state index contributed by atoms with van der Waals surface area (Å²) in [5.74, 6) is -1.34. The van der Waals surface area contributed by atoms with Crippen molar-refractivity contribution in [3.63, 3.8) is 0 Å². The lowest BCUT2D eigenvalue weighted by molar-refractivity contribution is -0.209. The van der Waals surface area contributed by atoms with Gasteiger partial charge in [0, 0.05) is 49.7 Å². The largest absolute Gasteiger partial charge is 0.482 e. The summed E-state index contributed by atoms with van der Waals surface area (Å²) in [4.78, 5) is 41.0. The molecule has 0 radical (unpaired) electrons. The highest BCUT2D eigenvalue weighted by Crippen LogP contribution is 2.54. The van der Waals surface area contributed by atoms with Crippen LogP contribution in [0.2, 0.25) is 0 Å². The third-order valence-corrected chi connectivity index (χ3v) is 7.57. The molecule has 3 heterocycles. The summed E-state index contributed by atoms with van der Waals surface area (Å²) in [5.41, 5.74) is -2.08. The molecule has 2 aliphatic rings. The molecule has 9 heteroatoms. The Morgan fingerprint density at radius 1 is 1.29 bits per heavy atom. The van der Waals surface area contributed by atoms with Crippen LogP contribution in [0.5, 0.6) is 5.75 Å². The number of pyridine rings is 1. The zero-order valence-corrected chi connectivity index (χ0v) is 20.6. The van der Waals surface area contributed by atoms with Crippen LogP contribution in [0.3, 0.4) is 0 Å². The van der Waals surface area contributed by atoms with Gasteiger partial charge < -0.3 is 23.7 Å². The van der Waals surface area contributed by atoms with E-state index in [9.17, 15) is 19.5 Å². The third-order valence-electron chi connectivity index (χ3n) is 7.57. The second-order valence-electron chi connectivity index (χ2n) is 9.78. The van der Waals surface area contributed by atoms with E-state index < -0.39 is 46.9 Å². The summed E-state index contributed by atoms with van der Waals surface area (Å²) in [7, 11) is 0. The van der Waals surface area contributed by atoms with Gasteiger partial charge in [-0.25, -0.2) is 4.79 Å². The van der Waals surface area contributed by atoms with Gasteiger partial charge in [0.05, 0.1) is 6.10 Å². The lowest BCUT2D eigenvalue weighted by atomic mass is 9.61. The number of rotatable bonds is 5. The molecule has 0 saturated heterocycles. The number of carbonyl (C=O) groups is 2. The summed E-state index contributed by atoms with van der Waals surface area (Å²) in [5, 5.41) is 11.5. The molecular formula is C26H31NO8. The third kappa shape index (κ3) is 4.45. The van der Waals surface area contributed by atoms with Crippen molar-refractivity contribution < 1.29 is 33.3 Å². The van der Waals surface area contributed by atoms with Gasteiger partial charge >= 0.3 is 17.6 Å². The van der Waals surface area contributed by atoms with Crippen LogP contribution in [-0.4, -0.2) is 39.3 Å². The normalized spacial score (nSPS) is 29.1. The van der Waals surface area contributed by atoms with Crippen molar-refractivity contribution >= 4 is 11.9 Å². The molecule has 1 aliphatic carbocycles. The van der Waals surface area contributed by atoms with Crippen LogP contribution < -0.4 is 10.4 Å². The fourth-order valence-electron chi connectivity index (χ4n) is 5.51. The number of hydrogen-bond acceptors (Lipinski definition) is 9. The number of carbonyl (C=O) groups excluding carboxylic acids is 2. The van der Waals surface area contributed by atoms with Gasteiger partial charge in [-0.15, -0.1) is 0 Å². The maximum Gasteiger partial charge on any atom is 0.345 e. The predicted molar refractivity (Wildman–Crippen MR) is 124 cm³/mol. The van der Waals surface area contributed by atoms with Crippen molar-refractivity contribution in [3.05, 3.63) is 46.6 Å². The maximum absolute atomic E-state index is 13.0. The van der Waals surface area contributed by atoms with Crippen molar-refractivity contribution in [3.8, 4) is 17.1 Å². The number of fused-ring (bicyclic) bond motifs is 2. The Hall–Kier alpha value is -3.20. The Bertz CT molecular complexity index is 1180. The number of esters is 2. The van der Waals surface area contributed by atoms with E-state index in [1.165, 1.54) is 13.8 Å². The van der Waals surface area contributed by atoms with E-state index in [1.807, 2.05) is 13.8 Å². The van der Waals surface area contributed by atoms with Gasteiger partial charge in [0.15, 0.2) is 0 Å². The van der Waals surface area contributed by atoms with Gasteiger partial charge in [-0.2, -0.15) is 0 Å². The van der Waals surface area contributed by atoms with Gasteiger partial charge in [-0.05, 0) is 45.2 Å². The minimum atomic E-state index is -1.23. The molecule has 0 spiro atoms. The smallest absolute Gasteiger partial charge is 0.345 e. The van der Waals surface area contributed by atoms with Crippen molar-refractivity contribution in [1.82, 2.24) is 4.98 Å². The van der Waals surface area contributed by atoms with E-state index >= 15 is 0 Å². The first-order valence-electron chi connectivity index (χ1n) is 11.8. The molecule has 1 fully saturated rings. The fourth-order valence-corrected chi connectivity index (χ4v) is 5.51. The Labute approximate surface area is 203 Å². The summed E-state index contributed by atoms with van der Waals surface area (Å²) in [6.07, 6.45) is 2.46.